The molecule has 2 aromatic rings. The summed E-state index contributed by atoms with van der Waals surface area (Å²) in [5.74, 6) is 0. The van der Waals surface area contributed by atoms with Crippen LogP contribution in [0.2, 0.25) is 0 Å². The molecule has 3 rings (SSSR count). The zero-order valence-corrected chi connectivity index (χ0v) is 13.9. The van der Waals surface area contributed by atoms with Gasteiger partial charge in [-0.25, -0.2) is 9.86 Å². The van der Waals surface area contributed by atoms with Crippen LogP contribution >= 0.6 is 0 Å². The number of hydroxylamine groups is 2. The highest BCUT2D eigenvalue weighted by Gasteiger charge is 2.18. The number of urea groups is 1. The summed E-state index contributed by atoms with van der Waals surface area (Å²) in [6.45, 7) is 1.78. The lowest BCUT2D eigenvalue weighted by Crippen LogP contribution is -2.32. The minimum absolute atomic E-state index is 0.0762. The number of nitrogens with two attached hydrogens (primary N) is 1. The number of nitriles is 1. The maximum absolute atomic E-state index is 11.0. The Balaban J connectivity index is 1.80. The number of aryl methyl sites for hydroxylation is 1. The average Bonchev–Trinajstić information content (AvgIpc) is 2.62. The normalized spacial score (nSPS) is 13.0. The molecule has 6 nitrogen and oxygen atoms in total. The first-order valence-corrected chi connectivity index (χ1v) is 8.18. The predicted octanol–water partition coefficient (Wildman–Crippen LogP) is 2.78. The van der Waals surface area contributed by atoms with Gasteiger partial charge in [0.1, 0.15) is 0 Å². The molecule has 0 radical (unpaired) electrons. The Labute approximate surface area is 146 Å². The zero-order chi connectivity index (χ0) is 17.8. The second-order valence-corrected chi connectivity index (χ2v) is 6.20. The molecule has 128 valence electrons. The van der Waals surface area contributed by atoms with Gasteiger partial charge in [-0.3, -0.25) is 5.21 Å². The molecule has 0 bridgehead atoms. The summed E-state index contributed by atoms with van der Waals surface area (Å²) in [5, 5.41) is 19.1. The van der Waals surface area contributed by atoms with E-state index in [2.05, 4.69) is 11.0 Å². The number of amides is 2. The van der Waals surface area contributed by atoms with Crippen LogP contribution in [-0.4, -0.2) is 22.8 Å². The lowest BCUT2D eigenvalue weighted by Gasteiger charge is -2.32. The number of primary amides is 1. The third-order valence-corrected chi connectivity index (χ3v) is 4.37. The fourth-order valence-electron chi connectivity index (χ4n) is 3.20. The lowest BCUT2D eigenvalue weighted by molar-refractivity contribution is -0.0470. The number of nitrogens with zero attached hydrogens (tertiary/aromatic N) is 3. The standard InChI is InChI=1S/C19H20N4O2/c20-11-14-3-1-4-15(9-14)12-22-8-2-5-17-10-16(6-7-18(17)22)13-23(25)19(21)24/h1,3-4,6-7,9-10,25H,2,5,8,12-13H2,(H2,21,24). The fourth-order valence-corrected chi connectivity index (χ4v) is 3.20. The number of carbonyl (C=O) groups excluding carboxylic acids is 1. The molecule has 0 fully saturated rings. The van der Waals surface area contributed by atoms with Crippen molar-refractivity contribution in [3.05, 3.63) is 64.7 Å². The van der Waals surface area contributed by atoms with E-state index in [1.165, 1.54) is 5.56 Å². The molecular formula is C19H20N4O2. The first kappa shape index (κ1) is 16.8. The first-order valence-electron chi connectivity index (χ1n) is 8.18. The van der Waals surface area contributed by atoms with Gasteiger partial charge in [0.15, 0.2) is 0 Å². The summed E-state index contributed by atoms with van der Waals surface area (Å²) >= 11 is 0. The van der Waals surface area contributed by atoms with Gasteiger partial charge in [-0.1, -0.05) is 24.3 Å². The topological polar surface area (TPSA) is 93.6 Å². The Hall–Kier alpha value is -3.04. The largest absolute Gasteiger partial charge is 0.367 e. The van der Waals surface area contributed by atoms with Crippen LogP contribution in [0.15, 0.2) is 42.5 Å². The van der Waals surface area contributed by atoms with Gasteiger partial charge in [0.25, 0.3) is 0 Å². The van der Waals surface area contributed by atoms with Gasteiger partial charge < -0.3 is 10.6 Å². The molecular weight excluding hydrogens is 316 g/mol. The molecule has 1 heterocycles. The van der Waals surface area contributed by atoms with Crippen molar-refractivity contribution < 1.29 is 10.0 Å². The summed E-state index contributed by atoms with van der Waals surface area (Å²) < 4.78 is 0. The molecule has 0 unspecified atom stereocenters. The van der Waals surface area contributed by atoms with E-state index in [0.717, 1.165) is 42.7 Å². The second kappa shape index (κ2) is 7.24. The molecule has 25 heavy (non-hydrogen) atoms. The van der Waals surface area contributed by atoms with E-state index in [1.807, 2.05) is 36.4 Å². The van der Waals surface area contributed by atoms with Gasteiger partial charge in [0, 0.05) is 18.8 Å². The minimum atomic E-state index is -0.864. The van der Waals surface area contributed by atoms with Crippen LogP contribution in [0.25, 0.3) is 0 Å². The number of carbonyl (C=O) groups is 1. The number of hydrogen-bond donors (Lipinski definition) is 2. The van der Waals surface area contributed by atoms with Gasteiger partial charge >= 0.3 is 6.03 Å². The molecule has 0 aromatic heterocycles. The summed E-state index contributed by atoms with van der Waals surface area (Å²) in [4.78, 5) is 13.3. The van der Waals surface area contributed by atoms with Crippen LogP contribution in [0.3, 0.4) is 0 Å². The van der Waals surface area contributed by atoms with Gasteiger partial charge in [0.05, 0.1) is 18.2 Å². The van der Waals surface area contributed by atoms with E-state index < -0.39 is 6.03 Å². The number of benzene rings is 2. The Morgan fingerprint density at radius 1 is 1.28 bits per heavy atom. The molecule has 0 saturated heterocycles. The van der Waals surface area contributed by atoms with E-state index >= 15 is 0 Å². The van der Waals surface area contributed by atoms with Crippen molar-refractivity contribution in [3.8, 4) is 6.07 Å². The predicted molar refractivity (Wildman–Crippen MR) is 93.9 cm³/mol. The third-order valence-electron chi connectivity index (χ3n) is 4.37. The summed E-state index contributed by atoms with van der Waals surface area (Å²) in [6, 6.07) is 14.9. The van der Waals surface area contributed by atoms with Gasteiger partial charge in [-0.15, -0.1) is 0 Å². The van der Waals surface area contributed by atoms with Gasteiger partial charge in [-0.05, 0) is 47.7 Å². The fraction of sp³-hybridized carbons (Fsp3) is 0.263. The molecule has 0 spiro atoms. The van der Waals surface area contributed by atoms with E-state index in [9.17, 15) is 10.0 Å². The van der Waals surface area contributed by atoms with Crippen LogP contribution in [0.1, 0.15) is 28.7 Å². The lowest BCUT2D eigenvalue weighted by atomic mass is 9.98. The van der Waals surface area contributed by atoms with Crippen molar-refractivity contribution in [2.75, 3.05) is 11.4 Å². The van der Waals surface area contributed by atoms with Crippen molar-refractivity contribution in [2.24, 2.45) is 5.73 Å². The summed E-state index contributed by atoms with van der Waals surface area (Å²) in [5.41, 5.74) is 10.0. The molecule has 1 aliphatic heterocycles. The molecule has 2 amide bonds. The molecule has 3 N–H and O–H groups in total. The molecule has 2 aromatic carbocycles. The molecule has 6 heteroatoms. The molecule has 1 aliphatic rings. The van der Waals surface area contributed by atoms with E-state index in [-0.39, 0.29) is 6.54 Å². The van der Waals surface area contributed by atoms with Crippen LogP contribution in [-0.2, 0) is 19.5 Å². The third kappa shape index (κ3) is 3.90. The van der Waals surface area contributed by atoms with Crippen molar-refractivity contribution in [2.45, 2.75) is 25.9 Å². The maximum atomic E-state index is 11.0. The van der Waals surface area contributed by atoms with Crippen LogP contribution in [0.4, 0.5) is 10.5 Å². The summed E-state index contributed by atoms with van der Waals surface area (Å²) in [6.07, 6.45) is 1.99. The van der Waals surface area contributed by atoms with Crippen LogP contribution in [0, 0.1) is 11.3 Å². The highest BCUT2D eigenvalue weighted by atomic mass is 16.5. The first-order chi connectivity index (χ1) is 12.1. The Morgan fingerprint density at radius 3 is 2.88 bits per heavy atom. The minimum Gasteiger partial charge on any atom is -0.367 e. The zero-order valence-electron chi connectivity index (χ0n) is 13.9. The molecule has 0 atom stereocenters. The number of hydrogen-bond acceptors (Lipinski definition) is 4. The van der Waals surface area contributed by atoms with Crippen molar-refractivity contribution in [1.82, 2.24) is 5.06 Å². The Morgan fingerprint density at radius 2 is 2.12 bits per heavy atom. The van der Waals surface area contributed by atoms with Crippen molar-refractivity contribution in [1.29, 1.82) is 5.26 Å². The van der Waals surface area contributed by atoms with Crippen molar-refractivity contribution in [3.63, 3.8) is 0 Å². The van der Waals surface area contributed by atoms with Crippen molar-refractivity contribution >= 4 is 11.7 Å². The Bertz CT molecular complexity index is 828. The Kier molecular flexibility index (Phi) is 4.87. The SMILES string of the molecule is N#Cc1cccc(CN2CCCc3cc(CN(O)C(N)=O)ccc32)c1. The highest BCUT2D eigenvalue weighted by molar-refractivity contribution is 5.70. The summed E-state index contributed by atoms with van der Waals surface area (Å²) in [7, 11) is 0. The average molecular weight is 336 g/mol. The van der Waals surface area contributed by atoms with Gasteiger partial charge in [-0.2, -0.15) is 5.26 Å². The quantitative estimate of drug-likeness (QED) is 0.663. The maximum Gasteiger partial charge on any atom is 0.338 e. The van der Waals surface area contributed by atoms with E-state index in [4.69, 9.17) is 11.0 Å². The second-order valence-electron chi connectivity index (χ2n) is 6.20. The molecule has 0 saturated carbocycles. The van der Waals surface area contributed by atoms with E-state index in [0.29, 0.717) is 10.6 Å². The monoisotopic (exact) mass is 336 g/mol. The smallest absolute Gasteiger partial charge is 0.338 e. The highest BCUT2D eigenvalue weighted by Crippen LogP contribution is 2.29. The molecule has 0 aliphatic carbocycles. The number of fused-ring (bicyclic) bond motifs is 1. The number of anilines is 1. The van der Waals surface area contributed by atoms with E-state index in [1.54, 1.807) is 6.07 Å². The number of rotatable bonds is 4. The van der Waals surface area contributed by atoms with Crippen LogP contribution in [0.5, 0.6) is 0 Å². The van der Waals surface area contributed by atoms with Gasteiger partial charge in [0.2, 0.25) is 0 Å². The van der Waals surface area contributed by atoms with Crippen LogP contribution < -0.4 is 10.6 Å².